The maximum absolute atomic E-state index is 13.9. The van der Waals surface area contributed by atoms with Gasteiger partial charge in [0.25, 0.3) is 5.91 Å². The zero-order valence-corrected chi connectivity index (χ0v) is 14.4. The molecule has 1 aliphatic heterocycles. The number of hydrogen-bond acceptors (Lipinski definition) is 5. The van der Waals surface area contributed by atoms with Crippen molar-refractivity contribution in [3.8, 4) is 11.6 Å². The monoisotopic (exact) mass is 362 g/mol. The Hall–Kier alpha value is -2.90. The number of nitrogens with zero attached hydrogens (tertiary/aromatic N) is 1. The molecule has 0 bridgehead atoms. The van der Waals surface area contributed by atoms with Gasteiger partial charge < -0.3 is 19.9 Å². The molecule has 0 spiro atoms. The van der Waals surface area contributed by atoms with Gasteiger partial charge in [-0.15, -0.1) is 0 Å². The lowest BCUT2D eigenvalue weighted by Gasteiger charge is -2.19. The molecule has 1 amide bonds. The molecule has 1 fully saturated rings. The van der Waals surface area contributed by atoms with E-state index in [1.807, 2.05) is 6.92 Å². The molecule has 1 aromatic carbocycles. The first-order chi connectivity index (χ1) is 12.5. The molecule has 3 atom stereocenters. The second-order valence-electron chi connectivity index (χ2n) is 6.09. The third-order valence-corrected chi connectivity index (χ3v) is 4.62. The molecule has 3 rings (SSSR count). The van der Waals surface area contributed by atoms with Crippen LogP contribution >= 0.6 is 0 Å². The number of amides is 1. The van der Waals surface area contributed by atoms with Crippen LogP contribution in [0.1, 0.15) is 23.7 Å². The summed E-state index contributed by atoms with van der Waals surface area (Å²) >= 11 is 0. The number of carbonyl (C=O) groups excluding carboxylic acids is 1. The Labute approximate surface area is 149 Å². The van der Waals surface area contributed by atoms with E-state index in [0.29, 0.717) is 17.2 Å². The van der Waals surface area contributed by atoms with Gasteiger partial charge in [-0.1, -0.05) is 6.92 Å². The number of aromatic nitrogens is 1. The topological polar surface area (TPSA) is 97.8 Å². The Balaban J connectivity index is 1.89. The van der Waals surface area contributed by atoms with Crippen molar-refractivity contribution < 1.29 is 28.6 Å². The van der Waals surface area contributed by atoms with Crippen LogP contribution in [0.25, 0.3) is 10.8 Å². The molecule has 1 aromatic heterocycles. The van der Waals surface area contributed by atoms with Gasteiger partial charge in [0, 0.05) is 17.5 Å². The Morgan fingerprint density at radius 1 is 1.42 bits per heavy atom. The largest absolute Gasteiger partial charge is 0.496 e. The van der Waals surface area contributed by atoms with Gasteiger partial charge in [-0.25, -0.2) is 14.2 Å². The molecule has 7 nitrogen and oxygen atoms in total. The first kappa shape index (κ1) is 17.9. The number of nitrogens with one attached hydrogen (secondary N) is 1. The summed E-state index contributed by atoms with van der Waals surface area (Å²) in [4.78, 5) is 27.0. The number of hydrogen-bond donors (Lipinski definition) is 2. The number of ether oxygens (including phenoxy) is 2. The van der Waals surface area contributed by atoms with Crippen molar-refractivity contribution in [1.29, 1.82) is 0 Å². The van der Waals surface area contributed by atoms with Crippen molar-refractivity contribution >= 4 is 22.6 Å². The van der Waals surface area contributed by atoms with Crippen LogP contribution in [0.4, 0.5) is 4.39 Å². The van der Waals surface area contributed by atoms with Gasteiger partial charge in [0.2, 0.25) is 5.88 Å². The number of halogens is 1. The number of carboxylic acids is 1. The fourth-order valence-electron chi connectivity index (χ4n) is 3.22. The number of alkyl halides is 1. The number of pyridine rings is 1. The summed E-state index contributed by atoms with van der Waals surface area (Å²) in [5.41, 5.74) is 0.0338. The van der Waals surface area contributed by atoms with E-state index in [9.17, 15) is 19.1 Å². The minimum atomic E-state index is -1.53. The van der Waals surface area contributed by atoms with Gasteiger partial charge in [-0.05, 0) is 30.0 Å². The highest BCUT2D eigenvalue weighted by Gasteiger charge is 2.41. The highest BCUT2D eigenvalue weighted by Crippen LogP contribution is 2.31. The first-order valence-corrected chi connectivity index (χ1v) is 8.23. The molecule has 8 heteroatoms. The summed E-state index contributed by atoms with van der Waals surface area (Å²) in [5.74, 6) is -1.72. The predicted octanol–water partition coefficient (Wildman–Crippen LogP) is 2.18. The summed E-state index contributed by atoms with van der Waals surface area (Å²) in [6, 6.07) is 4.25. The number of methoxy groups -OCH3 is 1. The van der Waals surface area contributed by atoms with Gasteiger partial charge in [0.1, 0.15) is 17.9 Å². The molecular formula is C18H19FN2O5. The number of carbonyl (C=O) groups is 2. The number of benzene rings is 1. The lowest BCUT2D eigenvalue weighted by molar-refractivity contribution is -0.123. The van der Waals surface area contributed by atoms with E-state index >= 15 is 0 Å². The highest BCUT2D eigenvalue weighted by molar-refractivity contribution is 5.99. The Morgan fingerprint density at radius 2 is 2.19 bits per heavy atom. The first-order valence-electron chi connectivity index (χ1n) is 8.23. The summed E-state index contributed by atoms with van der Waals surface area (Å²) < 4.78 is 24.8. The number of aromatic carboxylic acids is 1. The van der Waals surface area contributed by atoms with E-state index in [0.717, 1.165) is 0 Å². The Morgan fingerprint density at radius 3 is 2.85 bits per heavy atom. The quantitative estimate of drug-likeness (QED) is 0.817. The van der Waals surface area contributed by atoms with Crippen LogP contribution in [0.15, 0.2) is 24.4 Å². The van der Waals surface area contributed by atoms with Gasteiger partial charge in [0.15, 0.2) is 6.17 Å². The average molecular weight is 362 g/mol. The molecule has 2 aromatic rings. The van der Waals surface area contributed by atoms with Crippen LogP contribution in [-0.4, -0.2) is 47.9 Å². The van der Waals surface area contributed by atoms with E-state index in [1.165, 1.54) is 19.4 Å². The highest BCUT2D eigenvalue weighted by atomic mass is 19.1. The molecular weight excluding hydrogens is 343 g/mol. The summed E-state index contributed by atoms with van der Waals surface area (Å²) in [5, 5.41) is 13.1. The van der Waals surface area contributed by atoms with Crippen molar-refractivity contribution in [2.75, 3.05) is 13.7 Å². The van der Waals surface area contributed by atoms with E-state index < -0.39 is 30.0 Å². The molecule has 0 aliphatic carbocycles. The van der Waals surface area contributed by atoms with Gasteiger partial charge in [-0.2, -0.15) is 0 Å². The lowest BCUT2D eigenvalue weighted by atomic mass is 9.97. The minimum Gasteiger partial charge on any atom is -0.496 e. The Bertz CT molecular complexity index is 857. The zero-order chi connectivity index (χ0) is 18.8. The number of carboxylic acid groups (broad SMARTS) is 1. The maximum atomic E-state index is 13.9. The lowest BCUT2D eigenvalue weighted by Crippen LogP contribution is -2.34. The molecule has 1 aliphatic rings. The molecule has 0 radical (unpaired) electrons. The number of fused-ring (bicyclic) bond motifs is 1. The van der Waals surface area contributed by atoms with Crippen LogP contribution in [0.2, 0.25) is 0 Å². The second-order valence-corrected chi connectivity index (χ2v) is 6.09. The molecule has 0 saturated carbocycles. The van der Waals surface area contributed by atoms with E-state index in [4.69, 9.17) is 9.47 Å². The summed E-state index contributed by atoms with van der Waals surface area (Å²) in [7, 11) is 1.38. The maximum Gasteiger partial charge on any atom is 0.339 e. The van der Waals surface area contributed by atoms with Crippen molar-refractivity contribution in [2.24, 2.45) is 5.92 Å². The van der Waals surface area contributed by atoms with Crippen LogP contribution in [0.3, 0.4) is 0 Å². The minimum absolute atomic E-state index is 0.0338. The average Bonchev–Trinajstić information content (AvgIpc) is 2.91. The van der Waals surface area contributed by atoms with E-state index in [1.54, 1.807) is 12.1 Å². The van der Waals surface area contributed by atoms with E-state index in [2.05, 4.69) is 10.3 Å². The molecule has 138 valence electrons. The van der Waals surface area contributed by atoms with Crippen molar-refractivity contribution in [2.45, 2.75) is 25.6 Å². The number of rotatable bonds is 6. The SMILES string of the molecule is CC[C@@H]1[C@H](F)C(=O)N[C@@H]1COc1nccc2cc(C(=O)O)c(OC)cc12. The predicted molar refractivity (Wildman–Crippen MR) is 91.4 cm³/mol. The Kier molecular flexibility index (Phi) is 4.92. The fraction of sp³-hybridized carbons (Fsp3) is 0.389. The van der Waals surface area contributed by atoms with Crippen LogP contribution in [0.5, 0.6) is 11.6 Å². The molecule has 26 heavy (non-hydrogen) atoms. The third-order valence-electron chi connectivity index (χ3n) is 4.62. The normalized spacial score (nSPS) is 22.3. The zero-order valence-electron chi connectivity index (χ0n) is 14.4. The smallest absolute Gasteiger partial charge is 0.339 e. The summed E-state index contributed by atoms with van der Waals surface area (Å²) in [6.45, 7) is 1.89. The molecule has 2 N–H and O–H groups in total. The standard InChI is InChI=1S/C18H19FN2O5/c1-3-10-13(21-16(22)15(10)19)8-26-17-11-7-14(25-2)12(18(23)24)6-9(11)4-5-20-17/h4-7,10,13,15H,3,8H2,1-2H3,(H,21,22)(H,23,24)/t10-,13+,15-/m0/s1. The van der Waals surface area contributed by atoms with Crippen LogP contribution in [-0.2, 0) is 4.79 Å². The van der Waals surface area contributed by atoms with Crippen molar-refractivity contribution in [3.05, 3.63) is 30.0 Å². The van der Waals surface area contributed by atoms with Crippen molar-refractivity contribution in [1.82, 2.24) is 10.3 Å². The van der Waals surface area contributed by atoms with E-state index in [-0.39, 0.29) is 23.8 Å². The van der Waals surface area contributed by atoms with Gasteiger partial charge >= 0.3 is 5.97 Å². The van der Waals surface area contributed by atoms with Crippen molar-refractivity contribution in [3.63, 3.8) is 0 Å². The third kappa shape index (κ3) is 3.14. The molecule has 2 heterocycles. The molecule has 1 saturated heterocycles. The van der Waals surface area contributed by atoms with Gasteiger partial charge in [-0.3, -0.25) is 4.79 Å². The van der Waals surface area contributed by atoms with Crippen LogP contribution < -0.4 is 14.8 Å². The second kappa shape index (κ2) is 7.15. The van der Waals surface area contributed by atoms with Crippen LogP contribution in [0, 0.1) is 5.92 Å². The summed E-state index contributed by atoms with van der Waals surface area (Å²) in [6.07, 6.45) is 0.470. The van der Waals surface area contributed by atoms with Gasteiger partial charge in [0.05, 0.1) is 13.2 Å². The molecule has 0 unspecified atom stereocenters. The fourth-order valence-corrected chi connectivity index (χ4v) is 3.22.